The van der Waals surface area contributed by atoms with Crippen LogP contribution < -0.4 is 5.32 Å². The Morgan fingerprint density at radius 3 is 2.47 bits per heavy atom. The van der Waals surface area contributed by atoms with Crippen molar-refractivity contribution in [1.29, 1.82) is 0 Å². The van der Waals surface area contributed by atoms with Gasteiger partial charge in [0.05, 0.1) is 0 Å². The smallest absolute Gasteiger partial charge is 0.224 e. The molecule has 0 amide bonds. The number of aryl methyl sites for hydroxylation is 1. The molecule has 0 aliphatic carbocycles. The lowest BCUT2D eigenvalue weighted by atomic mass is 9.84. The molecule has 0 aliphatic rings. The van der Waals surface area contributed by atoms with Gasteiger partial charge in [-0.3, -0.25) is 0 Å². The Hall–Kier alpha value is -1.61. The summed E-state index contributed by atoms with van der Waals surface area (Å²) in [5.41, 5.74) is 2.17. The van der Waals surface area contributed by atoms with Crippen LogP contribution in [0.1, 0.15) is 25.1 Å². The third-order valence-electron chi connectivity index (χ3n) is 3.09. The van der Waals surface area contributed by atoms with E-state index in [9.17, 15) is 0 Å². The third kappa shape index (κ3) is 3.67. The topological polar surface area (TPSA) is 37.8 Å². The van der Waals surface area contributed by atoms with E-state index >= 15 is 0 Å². The van der Waals surface area contributed by atoms with Crippen LogP contribution in [-0.2, 0) is 5.41 Å². The maximum Gasteiger partial charge on any atom is 0.224 e. The van der Waals surface area contributed by atoms with Crippen LogP contribution in [0.4, 0.5) is 5.82 Å². The SMILES string of the molecule is Cc1cc(NCC(C)(C)c2ccccc2)nc(Cl)n1. The van der Waals surface area contributed by atoms with Crippen LogP contribution in [0.3, 0.4) is 0 Å². The molecule has 1 aromatic carbocycles. The molecule has 0 spiro atoms. The Morgan fingerprint density at radius 2 is 1.84 bits per heavy atom. The molecule has 1 heterocycles. The van der Waals surface area contributed by atoms with Gasteiger partial charge in [0.25, 0.3) is 0 Å². The van der Waals surface area contributed by atoms with Crippen LogP contribution in [0.15, 0.2) is 36.4 Å². The Labute approximate surface area is 119 Å². The Morgan fingerprint density at radius 1 is 1.16 bits per heavy atom. The first kappa shape index (κ1) is 13.8. The molecule has 0 radical (unpaired) electrons. The molecule has 100 valence electrons. The first-order valence-corrected chi connectivity index (χ1v) is 6.66. The summed E-state index contributed by atoms with van der Waals surface area (Å²) in [5.74, 6) is 0.765. The normalized spacial score (nSPS) is 11.4. The molecule has 0 aliphatic heterocycles. The lowest BCUT2D eigenvalue weighted by Gasteiger charge is -2.26. The summed E-state index contributed by atoms with van der Waals surface area (Å²) in [7, 11) is 0. The fraction of sp³-hybridized carbons (Fsp3) is 0.333. The quantitative estimate of drug-likeness (QED) is 0.862. The Kier molecular flexibility index (Phi) is 4.05. The predicted molar refractivity (Wildman–Crippen MR) is 79.7 cm³/mol. The molecule has 2 rings (SSSR count). The number of nitrogens with zero attached hydrogens (tertiary/aromatic N) is 2. The van der Waals surface area contributed by atoms with Crippen molar-refractivity contribution in [2.45, 2.75) is 26.2 Å². The van der Waals surface area contributed by atoms with Crippen LogP contribution in [0, 0.1) is 6.92 Å². The highest BCUT2D eigenvalue weighted by molar-refractivity contribution is 6.28. The van der Waals surface area contributed by atoms with Crippen molar-refractivity contribution in [3.05, 3.63) is 52.9 Å². The second-order valence-corrected chi connectivity index (χ2v) is 5.61. The lowest BCUT2D eigenvalue weighted by molar-refractivity contribution is 0.556. The third-order valence-corrected chi connectivity index (χ3v) is 3.26. The molecule has 0 fully saturated rings. The number of hydrogen-bond donors (Lipinski definition) is 1. The van der Waals surface area contributed by atoms with Crippen molar-refractivity contribution in [3.8, 4) is 0 Å². The van der Waals surface area contributed by atoms with Crippen molar-refractivity contribution in [1.82, 2.24) is 9.97 Å². The molecule has 1 aromatic heterocycles. The van der Waals surface area contributed by atoms with Gasteiger partial charge in [-0.05, 0) is 24.1 Å². The summed E-state index contributed by atoms with van der Waals surface area (Å²) in [6.45, 7) is 7.08. The van der Waals surface area contributed by atoms with Gasteiger partial charge in [-0.2, -0.15) is 0 Å². The number of anilines is 1. The van der Waals surface area contributed by atoms with Gasteiger partial charge in [-0.1, -0.05) is 44.2 Å². The number of halogens is 1. The molecular weight excluding hydrogens is 258 g/mol. The second-order valence-electron chi connectivity index (χ2n) is 5.27. The number of nitrogens with one attached hydrogen (secondary N) is 1. The molecule has 0 atom stereocenters. The number of aromatic nitrogens is 2. The molecule has 19 heavy (non-hydrogen) atoms. The number of hydrogen-bond acceptors (Lipinski definition) is 3. The van der Waals surface area contributed by atoms with E-state index in [-0.39, 0.29) is 10.7 Å². The lowest BCUT2D eigenvalue weighted by Crippen LogP contribution is -2.27. The minimum Gasteiger partial charge on any atom is -0.369 e. The average Bonchev–Trinajstić information content (AvgIpc) is 2.37. The monoisotopic (exact) mass is 275 g/mol. The van der Waals surface area contributed by atoms with Crippen LogP contribution in [0.25, 0.3) is 0 Å². The highest BCUT2D eigenvalue weighted by Gasteiger charge is 2.20. The summed E-state index contributed by atoms with van der Waals surface area (Å²) < 4.78 is 0. The summed E-state index contributed by atoms with van der Waals surface area (Å²) in [6.07, 6.45) is 0. The van der Waals surface area contributed by atoms with Gasteiger partial charge in [-0.15, -0.1) is 0 Å². The fourth-order valence-electron chi connectivity index (χ4n) is 1.93. The molecule has 0 unspecified atom stereocenters. The van der Waals surface area contributed by atoms with E-state index < -0.39 is 0 Å². The Balaban J connectivity index is 2.09. The molecular formula is C15H18ClN3. The highest BCUT2D eigenvalue weighted by atomic mass is 35.5. The minimum absolute atomic E-state index is 0.0204. The fourth-order valence-corrected chi connectivity index (χ4v) is 2.15. The first-order chi connectivity index (χ1) is 8.97. The van der Waals surface area contributed by atoms with Crippen molar-refractivity contribution in [2.24, 2.45) is 0 Å². The second kappa shape index (κ2) is 5.57. The molecule has 1 N–H and O–H groups in total. The summed E-state index contributed by atoms with van der Waals surface area (Å²) in [4.78, 5) is 8.23. The maximum absolute atomic E-state index is 5.85. The van der Waals surface area contributed by atoms with Crippen LogP contribution in [0.5, 0.6) is 0 Å². The van der Waals surface area contributed by atoms with E-state index in [2.05, 4.69) is 53.4 Å². The van der Waals surface area contributed by atoms with Gasteiger partial charge < -0.3 is 5.32 Å². The van der Waals surface area contributed by atoms with E-state index in [0.717, 1.165) is 18.1 Å². The van der Waals surface area contributed by atoms with E-state index in [0.29, 0.717) is 0 Å². The van der Waals surface area contributed by atoms with Crippen molar-refractivity contribution in [2.75, 3.05) is 11.9 Å². The van der Waals surface area contributed by atoms with Crippen LogP contribution in [-0.4, -0.2) is 16.5 Å². The zero-order valence-corrected chi connectivity index (χ0v) is 12.2. The Bertz CT molecular complexity index is 532. The standard InChI is InChI=1S/C15H18ClN3/c1-11-9-13(19-14(16)18-11)17-10-15(2,3)12-7-5-4-6-8-12/h4-9H,10H2,1-3H3,(H,17,18,19). The highest BCUT2D eigenvalue weighted by Crippen LogP contribution is 2.23. The van der Waals surface area contributed by atoms with Crippen LogP contribution in [0.2, 0.25) is 5.28 Å². The van der Waals surface area contributed by atoms with Crippen molar-refractivity contribution in [3.63, 3.8) is 0 Å². The van der Waals surface area contributed by atoms with Crippen molar-refractivity contribution >= 4 is 17.4 Å². The van der Waals surface area contributed by atoms with Gasteiger partial charge in [0.15, 0.2) is 0 Å². The minimum atomic E-state index is 0.0204. The molecule has 3 nitrogen and oxygen atoms in total. The van der Waals surface area contributed by atoms with Crippen LogP contribution >= 0.6 is 11.6 Å². The molecule has 0 saturated heterocycles. The zero-order valence-electron chi connectivity index (χ0n) is 11.4. The largest absolute Gasteiger partial charge is 0.369 e. The summed E-state index contributed by atoms with van der Waals surface area (Å²) in [6, 6.07) is 12.3. The van der Waals surface area contributed by atoms with Gasteiger partial charge in [0.2, 0.25) is 5.28 Å². The summed E-state index contributed by atoms with van der Waals surface area (Å²) in [5, 5.41) is 3.61. The van der Waals surface area contributed by atoms with E-state index in [1.807, 2.05) is 19.1 Å². The van der Waals surface area contributed by atoms with E-state index in [1.54, 1.807) is 0 Å². The van der Waals surface area contributed by atoms with Crippen molar-refractivity contribution < 1.29 is 0 Å². The van der Waals surface area contributed by atoms with E-state index in [1.165, 1.54) is 5.56 Å². The van der Waals surface area contributed by atoms with E-state index in [4.69, 9.17) is 11.6 Å². The first-order valence-electron chi connectivity index (χ1n) is 6.28. The number of rotatable bonds is 4. The predicted octanol–water partition coefficient (Wildman–Crippen LogP) is 3.83. The molecule has 0 saturated carbocycles. The van der Waals surface area contributed by atoms with Gasteiger partial charge in [0, 0.05) is 23.7 Å². The molecule has 4 heteroatoms. The molecule has 0 bridgehead atoms. The van der Waals surface area contributed by atoms with Gasteiger partial charge in [-0.25, -0.2) is 9.97 Å². The van der Waals surface area contributed by atoms with Gasteiger partial charge in [0.1, 0.15) is 5.82 Å². The summed E-state index contributed by atoms with van der Waals surface area (Å²) >= 11 is 5.85. The average molecular weight is 276 g/mol. The van der Waals surface area contributed by atoms with Gasteiger partial charge >= 0.3 is 0 Å². The zero-order chi connectivity index (χ0) is 13.9. The number of benzene rings is 1. The molecule has 2 aromatic rings. The maximum atomic E-state index is 5.85.